The first kappa shape index (κ1) is 11.0. The van der Waals surface area contributed by atoms with Gasteiger partial charge in [-0.2, -0.15) is 0 Å². The van der Waals surface area contributed by atoms with E-state index in [-0.39, 0.29) is 0 Å². The van der Waals surface area contributed by atoms with Gasteiger partial charge in [0.2, 0.25) is 0 Å². The van der Waals surface area contributed by atoms with Crippen molar-refractivity contribution < 1.29 is 5.11 Å². The van der Waals surface area contributed by atoms with Gasteiger partial charge in [0.15, 0.2) is 0 Å². The van der Waals surface area contributed by atoms with Gasteiger partial charge in [-0.1, -0.05) is 27.2 Å². The van der Waals surface area contributed by atoms with Gasteiger partial charge in [-0.3, -0.25) is 0 Å². The molecule has 0 aromatic heterocycles. The smallest absolute Gasteiger partial charge is 0.0617 e. The third-order valence-electron chi connectivity index (χ3n) is 2.38. The van der Waals surface area contributed by atoms with E-state index in [1.807, 2.05) is 13.8 Å². The van der Waals surface area contributed by atoms with Gasteiger partial charge in [-0.05, 0) is 32.1 Å². The first-order chi connectivity index (χ1) is 4.84. The second-order valence-corrected chi connectivity index (χ2v) is 4.53. The summed E-state index contributed by atoms with van der Waals surface area (Å²) in [6.45, 7) is 10.3. The molecule has 0 aliphatic rings. The first-order valence-electron chi connectivity index (χ1n) is 4.56. The normalized spacial score (nSPS) is 15.5. The molecule has 0 saturated carbocycles. The average Bonchev–Trinajstić information content (AvgIpc) is 1.80. The van der Waals surface area contributed by atoms with Crippen LogP contribution in [0.2, 0.25) is 0 Å². The quantitative estimate of drug-likeness (QED) is 0.667. The van der Waals surface area contributed by atoms with Crippen LogP contribution in [0.1, 0.15) is 47.5 Å². The van der Waals surface area contributed by atoms with Gasteiger partial charge < -0.3 is 5.11 Å². The Hall–Kier alpha value is -0.0400. The molecule has 0 unspecified atom stereocenters. The highest BCUT2D eigenvalue weighted by atomic mass is 16.3. The Morgan fingerprint density at radius 1 is 1.09 bits per heavy atom. The molecule has 0 aliphatic carbocycles. The Balaban J connectivity index is 3.61. The summed E-state index contributed by atoms with van der Waals surface area (Å²) in [5.41, 5.74) is -0.505. The van der Waals surface area contributed by atoms with Crippen LogP contribution in [0.5, 0.6) is 0 Å². The van der Waals surface area contributed by atoms with Crippen LogP contribution in [0.3, 0.4) is 0 Å². The van der Waals surface area contributed by atoms with Crippen molar-refractivity contribution >= 4 is 0 Å². The van der Waals surface area contributed by atoms with E-state index < -0.39 is 5.60 Å². The summed E-state index contributed by atoms with van der Waals surface area (Å²) in [5, 5.41) is 9.60. The van der Waals surface area contributed by atoms with Crippen molar-refractivity contribution in [3.8, 4) is 0 Å². The van der Waals surface area contributed by atoms with Gasteiger partial charge in [0.25, 0.3) is 0 Å². The molecule has 68 valence electrons. The predicted molar refractivity (Wildman–Crippen MR) is 49.5 cm³/mol. The summed E-state index contributed by atoms with van der Waals surface area (Å²) in [6.07, 6.45) is 2.34. The third-order valence-corrected chi connectivity index (χ3v) is 2.38. The molecule has 0 fully saturated rings. The summed E-state index contributed by atoms with van der Waals surface area (Å²) in [7, 11) is 0. The van der Waals surface area contributed by atoms with Crippen LogP contribution < -0.4 is 0 Å². The minimum Gasteiger partial charge on any atom is -0.390 e. The van der Waals surface area contributed by atoms with E-state index in [4.69, 9.17) is 0 Å². The van der Waals surface area contributed by atoms with Gasteiger partial charge in [-0.15, -0.1) is 0 Å². The highest BCUT2D eigenvalue weighted by Gasteiger charge is 2.21. The van der Waals surface area contributed by atoms with Crippen molar-refractivity contribution in [2.75, 3.05) is 0 Å². The number of hydrogen-bond acceptors (Lipinski definition) is 1. The van der Waals surface area contributed by atoms with E-state index >= 15 is 0 Å². The lowest BCUT2D eigenvalue weighted by molar-refractivity contribution is 0.0193. The molecular formula is C10H22O. The maximum atomic E-state index is 9.60. The summed E-state index contributed by atoms with van der Waals surface area (Å²) in [6, 6.07) is 0. The molecule has 0 saturated heterocycles. The van der Waals surface area contributed by atoms with Crippen LogP contribution in [0.4, 0.5) is 0 Å². The molecule has 1 nitrogen and oxygen atoms in total. The SMILES string of the molecule is CC(C)CC[C@@H](C)C(C)(C)O. The fourth-order valence-electron chi connectivity index (χ4n) is 0.937. The van der Waals surface area contributed by atoms with Crippen LogP contribution in [-0.4, -0.2) is 10.7 Å². The summed E-state index contributed by atoms with van der Waals surface area (Å²) < 4.78 is 0. The zero-order valence-electron chi connectivity index (χ0n) is 8.52. The van der Waals surface area contributed by atoms with E-state index in [1.165, 1.54) is 6.42 Å². The molecule has 11 heavy (non-hydrogen) atoms. The van der Waals surface area contributed by atoms with Crippen molar-refractivity contribution in [2.24, 2.45) is 11.8 Å². The largest absolute Gasteiger partial charge is 0.390 e. The molecule has 0 bridgehead atoms. The lowest BCUT2D eigenvalue weighted by atomic mass is 9.87. The van der Waals surface area contributed by atoms with Crippen molar-refractivity contribution in [2.45, 2.75) is 53.1 Å². The topological polar surface area (TPSA) is 20.2 Å². The third kappa shape index (κ3) is 5.25. The average molecular weight is 158 g/mol. The molecule has 1 heteroatoms. The fraction of sp³-hybridized carbons (Fsp3) is 1.00. The molecule has 0 amide bonds. The van der Waals surface area contributed by atoms with E-state index in [0.29, 0.717) is 5.92 Å². The minimum absolute atomic E-state index is 0.407. The zero-order valence-corrected chi connectivity index (χ0v) is 8.52. The molecule has 0 heterocycles. The van der Waals surface area contributed by atoms with Crippen molar-refractivity contribution in [3.63, 3.8) is 0 Å². The van der Waals surface area contributed by atoms with E-state index in [9.17, 15) is 5.11 Å². The maximum Gasteiger partial charge on any atom is 0.0617 e. The maximum absolute atomic E-state index is 9.60. The van der Waals surface area contributed by atoms with Gasteiger partial charge >= 0.3 is 0 Å². The monoisotopic (exact) mass is 158 g/mol. The highest BCUT2D eigenvalue weighted by Crippen LogP contribution is 2.22. The standard InChI is InChI=1S/C10H22O/c1-8(2)6-7-9(3)10(4,5)11/h8-9,11H,6-7H2,1-5H3/t9-/m1/s1. The fourth-order valence-corrected chi connectivity index (χ4v) is 0.937. The van der Waals surface area contributed by atoms with E-state index in [2.05, 4.69) is 20.8 Å². The van der Waals surface area contributed by atoms with Crippen molar-refractivity contribution in [1.82, 2.24) is 0 Å². The number of rotatable bonds is 4. The Morgan fingerprint density at radius 2 is 1.55 bits per heavy atom. The van der Waals surface area contributed by atoms with Crippen molar-refractivity contribution in [3.05, 3.63) is 0 Å². The summed E-state index contributed by atoms with van der Waals surface area (Å²) in [5.74, 6) is 1.16. The van der Waals surface area contributed by atoms with Crippen molar-refractivity contribution in [1.29, 1.82) is 0 Å². The minimum atomic E-state index is -0.505. The number of hydrogen-bond donors (Lipinski definition) is 1. The second kappa shape index (κ2) is 4.10. The number of aliphatic hydroxyl groups is 1. The summed E-state index contributed by atoms with van der Waals surface area (Å²) >= 11 is 0. The Morgan fingerprint density at radius 3 is 1.82 bits per heavy atom. The van der Waals surface area contributed by atoms with Crippen LogP contribution in [0.15, 0.2) is 0 Å². The highest BCUT2D eigenvalue weighted by molar-refractivity contribution is 4.73. The zero-order chi connectivity index (χ0) is 9.07. The lowest BCUT2D eigenvalue weighted by Crippen LogP contribution is -2.28. The Bertz CT molecular complexity index is 99.9. The molecule has 1 atom stereocenters. The second-order valence-electron chi connectivity index (χ2n) is 4.53. The lowest BCUT2D eigenvalue weighted by Gasteiger charge is -2.26. The molecule has 0 aromatic rings. The molecule has 0 aliphatic heterocycles. The van der Waals surface area contributed by atoms with E-state index in [1.54, 1.807) is 0 Å². The Kier molecular flexibility index (Phi) is 4.09. The molecule has 1 N–H and O–H groups in total. The van der Waals surface area contributed by atoms with Crippen LogP contribution in [0.25, 0.3) is 0 Å². The molecular weight excluding hydrogens is 136 g/mol. The first-order valence-corrected chi connectivity index (χ1v) is 4.56. The predicted octanol–water partition coefficient (Wildman–Crippen LogP) is 2.83. The molecule has 0 radical (unpaired) electrons. The molecule has 0 spiro atoms. The van der Waals surface area contributed by atoms with Gasteiger partial charge in [-0.25, -0.2) is 0 Å². The van der Waals surface area contributed by atoms with Gasteiger partial charge in [0, 0.05) is 0 Å². The van der Waals surface area contributed by atoms with Crippen LogP contribution in [-0.2, 0) is 0 Å². The van der Waals surface area contributed by atoms with Crippen LogP contribution >= 0.6 is 0 Å². The van der Waals surface area contributed by atoms with Gasteiger partial charge in [0.05, 0.1) is 5.60 Å². The summed E-state index contributed by atoms with van der Waals surface area (Å²) in [4.78, 5) is 0. The molecule has 0 aromatic carbocycles. The van der Waals surface area contributed by atoms with E-state index in [0.717, 1.165) is 12.3 Å². The van der Waals surface area contributed by atoms with Crippen LogP contribution in [0, 0.1) is 11.8 Å². The van der Waals surface area contributed by atoms with Gasteiger partial charge in [0.1, 0.15) is 0 Å². The molecule has 0 rings (SSSR count). The Labute approximate surface area is 70.8 Å².